The molecule has 2 aliphatic rings. The molecule has 2 aliphatic heterocycles. The predicted molar refractivity (Wildman–Crippen MR) is 131 cm³/mol. The van der Waals surface area contributed by atoms with Crippen LogP contribution in [0.3, 0.4) is 0 Å². The van der Waals surface area contributed by atoms with Gasteiger partial charge in [-0.1, -0.05) is 78.9 Å². The Hall–Kier alpha value is -3.15. The smallest absolute Gasteiger partial charge is 0.410 e. The second kappa shape index (κ2) is 9.77. The van der Waals surface area contributed by atoms with Crippen LogP contribution in [-0.2, 0) is 17.8 Å². The molecule has 1 amide bonds. The molecule has 2 heterocycles. The van der Waals surface area contributed by atoms with E-state index in [0.29, 0.717) is 13.1 Å². The minimum Gasteiger partial charge on any atom is -0.439 e. The zero-order chi connectivity index (χ0) is 22.6. The average molecular weight is 442 g/mol. The van der Waals surface area contributed by atoms with Crippen LogP contribution in [0.2, 0.25) is 0 Å². The lowest BCUT2D eigenvalue weighted by Crippen LogP contribution is -2.43. The molecule has 0 N–H and O–H groups in total. The molecule has 170 valence electrons. The molecule has 5 heteroatoms. The van der Waals surface area contributed by atoms with E-state index in [1.54, 1.807) is 4.90 Å². The van der Waals surface area contributed by atoms with E-state index >= 15 is 0 Å². The van der Waals surface area contributed by atoms with E-state index in [0.717, 1.165) is 43.9 Å². The Bertz CT molecular complexity index is 1060. The zero-order valence-electron chi connectivity index (χ0n) is 19.2. The van der Waals surface area contributed by atoms with Gasteiger partial charge in [-0.25, -0.2) is 4.79 Å². The molecule has 5 nitrogen and oxygen atoms in total. The van der Waals surface area contributed by atoms with Gasteiger partial charge in [0, 0.05) is 39.3 Å². The van der Waals surface area contributed by atoms with E-state index in [9.17, 15) is 4.79 Å². The molecule has 2 saturated heterocycles. The summed E-state index contributed by atoms with van der Waals surface area (Å²) in [6, 6.07) is 27.3. The van der Waals surface area contributed by atoms with Crippen molar-refractivity contribution >= 4 is 6.09 Å². The lowest BCUT2D eigenvalue weighted by atomic mass is 10.0. The normalized spacial score (nSPS) is 19.6. The number of nitrogens with zero attached hydrogens (tertiary/aromatic N) is 3. The van der Waals surface area contributed by atoms with Crippen molar-refractivity contribution in [3.8, 4) is 11.1 Å². The summed E-state index contributed by atoms with van der Waals surface area (Å²) >= 11 is 0. The van der Waals surface area contributed by atoms with Gasteiger partial charge in [-0.2, -0.15) is 0 Å². The van der Waals surface area contributed by atoms with E-state index < -0.39 is 0 Å². The number of benzene rings is 3. The molecule has 0 radical (unpaired) electrons. The van der Waals surface area contributed by atoms with Crippen molar-refractivity contribution in [2.45, 2.75) is 19.2 Å². The monoisotopic (exact) mass is 441 g/mol. The standard InChI is InChI=1S/C28H31N3O2/c1-29-15-17-30(18-16-29)19-22-7-11-24(12-8-22)25-13-9-23(10-14-25)20-31-21-27(33-28(31)32)26-5-3-2-4-6-26/h2-14,27H,15-21H2,1H3/t27-/m0/s1. The minimum absolute atomic E-state index is 0.192. The first kappa shape index (κ1) is 21.7. The summed E-state index contributed by atoms with van der Waals surface area (Å²) in [5.41, 5.74) is 5.92. The third kappa shape index (κ3) is 5.27. The van der Waals surface area contributed by atoms with Crippen molar-refractivity contribution in [1.29, 1.82) is 0 Å². The van der Waals surface area contributed by atoms with Crippen LogP contribution in [0.15, 0.2) is 78.9 Å². The van der Waals surface area contributed by atoms with Crippen LogP contribution in [0.1, 0.15) is 22.8 Å². The SMILES string of the molecule is CN1CCN(Cc2ccc(-c3ccc(CN4C[C@@H](c5ccccc5)OC4=O)cc3)cc2)CC1. The van der Waals surface area contributed by atoms with Crippen LogP contribution in [0, 0.1) is 0 Å². The molecule has 0 bridgehead atoms. The summed E-state index contributed by atoms with van der Waals surface area (Å²) in [7, 11) is 2.19. The van der Waals surface area contributed by atoms with Crippen molar-refractivity contribution in [2.24, 2.45) is 0 Å². The van der Waals surface area contributed by atoms with Gasteiger partial charge >= 0.3 is 6.09 Å². The number of ether oxygens (including phenoxy) is 1. The molecule has 0 unspecified atom stereocenters. The Morgan fingerprint density at radius 2 is 1.33 bits per heavy atom. The van der Waals surface area contributed by atoms with Crippen molar-refractivity contribution in [3.05, 3.63) is 95.6 Å². The fourth-order valence-corrected chi connectivity index (χ4v) is 4.57. The maximum atomic E-state index is 12.3. The Morgan fingerprint density at radius 3 is 1.94 bits per heavy atom. The van der Waals surface area contributed by atoms with Crippen molar-refractivity contribution < 1.29 is 9.53 Å². The maximum absolute atomic E-state index is 12.3. The molecule has 0 aliphatic carbocycles. The van der Waals surface area contributed by atoms with Crippen LogP contribution in [0.5, 0.6) is 0 Å². The average Bonchev–Trinajstić information content (AvgIpc) is 3.22. The molecular weight excluding hydrogens is 410 g/mol. The Balaban J connectivity index is 1.18. The van der Waals surface area contributed by atoms with E-state index in [1.807, 2.05) is 30.3 Å². The van der Waals surface area contributed by atoms with Crippen molar-refractivity contribution in [2.75, 3.05) is 39.8 Å². The lowest BCUT2D eigenvalue weighted by Gasteiger charge is -2.32. The summed E-state index contributed by atoms with van der Waals surface area (Å²) in [6.07, 6.45) is -0.439. The van der Waals surface area contributed by atoms with Gasteiger partial charge in [0.25, 0.3) is 0 Å². The van der Waals surface area contributed by atoms with Crippen LogP contribution in [0.4, 0.5) is 4.79 Å². The highest BCUT2D eigenvalue weighted by Gasteiger charge is 2.32. The Labute approximate surface area is 196 Å². The topological polar surface area (TPSA) is 36.0 Å². The van der Waals surface area contributed by atoms with Crippen LogP contribution < -0.4 is 0 Å². The Kier molecular flexibility index (Phi) is 6.42. The quantitative estimate of drug-likeness (QED) is 0.551. The summed E-state index contributed by atoms with van der Waals surface area (Å²) in [5.74, 6) is 0. The van der Waals surface area contributed by atoms with Crippen LogP contribution >= 0.6 is 0 Å². The first-order valence-electron chi connectivity index (χ1n) is 11.7. The fraction of sp³-hybridized carbons (Fsp3) is 0.321. The number of rotatable bonds is 6. The van der Waals surface area contributed by atoms with Crippen molar-refractivity contribution in [3.63, 3.8) is 0 Å². The van der Waals surface area contributed by atoms with Crippen LogP contribution in [-0.4, -0.2) is 60.6 Å². The molecule has 2 fully saturated rings. The van der Waals surface area contributed by atoms with E-state index in [1.165, 1.54) is 16.7 Å². The van der Waals surface area contributed by atoms with Crippen molar-refractivity contribution in [1.82, 2.24) is 14.7 Å². The molecule has 5 rings (SSSR count). The molecule has 3 aromatic carbocycles. The first-order chi connectivity index (χ1) is 16.1. The summed E-state index contributed by atoms with van der Waals surface area (Å²) in [4.78, 5) is 19.0. The minimum atomic E-state index is -0.246. The molecule has 33 heavy (non-hydrogen) atoms. The molecule has 0 spiro atoms. The second-order valence-electron chi connectivity index (χ2n) is 9.14. The third-order valence-electron chi connectivity index (χ3n) is 6.68. The fourth-order valence-electron chi connectivity index (χ4n) is 4.57. The predicted octanol–water partition coefficient (Wildman–Crippen LogP) is 4.79. The molecule has 0 saturated carbocycles. The van der Waals surface area contributed by atoms with E-state index in [4.69, 9.17) is 4.74 Å². The van der Waals surface area contributed by atoms with E-state index in [-0.39, 0.29) is 12.2 Å². The number of hydrogen-bond acceptors (Lipinski definition) is 4. The number of hydrogen-bond donors (Lipinski definition) is 0. The molecule has 3 aromatic rings. The lowest BCUT2D eigenvalue weighted by molar-refractivity contribution is 0.132. The number of carbonyl (C=O) groups is 1. The molecule has 0 aromatic heterocycles. The molecular formula is C28H31N3O2. The van der Waals surface area contributed by atoms with Gasteiger partial charge in [0.2, 0.25) is 0 Å². The van der Waals surface area contributed by atoms with Gasteiger partial charge in [-0.3, -0.25) is 9.80 Å². The van der Waals surface area contributed by atoms with Gasteiger partial charge in [0.05, 0.1) is 6.54 Å². The number of likely N-dealkylation sites (N-methyl/N-ethyl adjacent to an activating group) is 1. The van der Waals surface area contributed by atoms with Crippen LogP contribution in [0.25, 0.3) is 11.1 Å². The number of piperazine rings is 1. The van der Waals surface area contributed by atoms with Gasteiger partial charge in [0.1, 0.15) is 6.10 Å². The van der Waals surface area contributed by atoms with Gasteiger partial charge < -0.3 is 9.64 Å². The summed E-state index contributed by atoms with van der Waals surface area (Å²) < 4.78 is 5.58. The highest BCUT2D eigenvalue weighted by molar-refractivity contribution is 5.70. The third-order valence-corrected chi connectivity index (χ3v) is 6.68. The first-order valence-corrected chi connectivity index (χ1v) is 11.7. The summed E-state index contributed by atoms with van der Waals surface area (Å²) in [6.45, 7) is 6.72. The Morgan fingerprint density at radius 1 is 0.758 bits per heavy atom. The highest BCUT2D eigenvalue weighted by Crippen LogP contribution is 2.28. The second-order valence-corrected chi connectivity index (χ2v) is 9.14. The molecule has 1 atom stereocenters. The maximum Gasteiger partial charge on any atom is 0.410 e. The highest BCUT2D eigenvalue weighted by atomic mass is 16.6. The number of amides is 1. The largest absolute Gasteiger partial charge is 0.439 e. The van der Waals surface area contributed by atoms with E-state index in [2.05, 4.69) is 65.4 Å². The van der Waals surface area contributed by atoms with Gasteiger partial charge in [-0.05, 0) is 34.9 Å². The zero-order valence-corrected chi connectivity index (χ0v) is 19.2. The number of carbonyl (C=O) groups excluding carboxylic acids is 1. The number of cyclic esters (lactones) is 1. The van der Waals surface area contributed by atoms with Gasteiger partial charge in [-0.15, -0.1) is 0 Å². The summed E-state index contributed by atoms with van der Waals surface area (Å²) in [5, 5.41) is 0. The van der Waals surface area contributed by atoms with Gasteiger partial charge in [0.15, 0.2) is 0 Å².